The molecule has 0 radical (unpaired) electrons. The summed E-state index contributed by atoms with van der Waals surface area (Å²) in [7, 11) is 0. The molecule has 3 N–H and O–H groups in total. The van der Waals surface area contributed by atoms with Crippen molar-refractivity contribution in [2.24, 2.45) is 0 Å². The number of imidazole rings is 1. The zero-order valence-electron chi connectivity index (χ0n) is 10.4. The molecule has 0 aliphatic heterocycles. The highest BCUT2D eigenvalue weighted by molar-refractivity contribution is 7.96. The molecule has 17 heavy (non-hydrogen) atoms. The standard InChI is InChI=1S/C11H19N5S/c1-3-10-15-9(8-12)11(13)16(10)7-5-4-6-14-17-2/h14H,3-7,13H2,1-2H3. The largest absolute Gasteiger partial charge is 0.383 e. The van der Waals surface area contributed by atoms with Gasteiger partial charge < -0.3 is 10.3 Å². The molecule has 0 saturated carbocycles. The van der Waals surface area contributed by atoms with Crippen molar-refractivity contribution in [1.82, 2.24) is 14.3 Å². The number of rotatable bonds is 7. The van der Waals surface area contributed by atoms with E-state index in [2.05, 4.69) is 9.71 Å². The molecule has 1 heterocycles. The monoisotopic (exact) mass is 253 g/mol. The van der Waals surface area contributed by atoms with Crippen LogP contribution in [0.15, 0.2) is 0 Å². The van der Waals surface area contributed by atoms with Crippen molar-refractivity contribution < 1.29 is 0 Å². The third-order valence-corrected chi connectivity index (χ3v) is 3.06. The lowest BCUT2D eigenvalue weighted by molar-refractivity contribution is 0.592. The normalized spacial score (nSPS) is 10.4. The highest BCUT2D eigenvalue weighted by Crippen LogP contribution is 2.15. The number of hydrogen-bond donors (Lipinski definition) is 2. The fourth-order valence-corrected chi connectivity index (χ4v) is 2.03. The van der Waals surface area contributed by atoms with Gasteiger partial charge in [0.05, 0.1) is 0 Å². The minimum absolute atomic E-state index is 0.351. The zero-order chi connectivity index (χ0) is 12.7. The van der Waals surface area contributed by atoms with E-state index >= 15 is 0 Å². The Hall–Kier alpha value is -1.19. The molecule has 0 bridgehead atoms. The molecule has 0 spiro atoms. The number of aryl methyl sites for hydroxylation is 1. The first-order chi connectivity index (χ1) is 8.24. The molecule has 0 saturated heterocycles. The van der Waals surface area contributed by atoms with E-state index < -0.39 is 0 Å². The van der Waals surface area contributed by atoms with E-state index in [4.69, 9.17) is 11.0 Å². The molecule has 0 atom stereocenters. The predicted molar refractivity (Wildman–Crippen MR) is 71.5 cm³/mol. The van der Waals surface area contributed by atoms with E-state index in [0.29, 0.717) is 11.5 Å². The van der Waals surface area contributed by atoms with Crippen molar-refractivity contribution >= 4 is 17.8 Å². The van der Waals surface area contributed by atoms with Crippen molar-refractivity contribution in [3.8, 4) is 6.07 Å². The summed E-state index contributed by atoms with van der Waals surface area (Å²) >= 11 is 1.63. The molecule has 0 amide bonds. The van der Waals surface area contributed by atoms with Crippen LogP contribution in [-0.2, 0) is 13.0 Å². The van der Waals surface area contributed by atoms with Crippen molar-refractivity contribution in [3.63, 3.8) is 0 Å². The van der Waals surface area contributed by atoms with Crippen LogP contribution in [0.4, 0.5) is 5.82 Å². The summed E-state index contributed by atoms with van der Waals surface area (Å²) in [5.41, 5.74) is 6.24. The average Bonchev–Trinajstić information content (AvgIpc) is 2.65. The van der Waals surface area contributed by atoms with Gasteiger partial charge in [-0.3, -0.25) is 4.72 Å². The molecule has 0 aliphatic carbocycles. The van der Waals surface area contributed by atoms with Crippen LogP contribution in [-0.4, -0.2) is 22.4 Å². The van der Waals surface area contributed by atoms with E-state index in [9.17, 15) is 0 Å². The Kier molecular flexibility index (Phi) is 5.87. The quantitative estimate of drug-likeness (QED) is 0.569. The number of nitrogens with two attached hydrogens (primary N) is 1. The van der Waals surface area contributed by atoms with E-state index in [1.54, 1.807) is 11.9 Å². The van der Waals surface area contributed by atoms with Crippen molar-refractivity contribution in [2.75, 3.05) is 18.5 Å². The van der Waals surface area contributed by atoms with Gasteiger partial charge in [0.15, 0.2) is 5.69 Å². The number of unbranched alkanes of at least 4 members (excludes halogenated alkanes) is 1. The number of nitrogen functional groups attached to an aromatic ring is 1. The van der Waals surface area contributed by atoms with Crippen LogP contribution in [0.5, 0.6) is 0 Å². The zero-order valence-corrected chi connectivity index (χ0v) is 11.2. The van der Waals surface area contributed by atoms with Crippen molar-refractivity contribution in [3.05, 3.63) is 11.5 Å². The summed E-state index contributed by atoms with van der Waals surface area (Å²) in [6.45, 7) is 3.84. The molecule has 1 rings (SSSR count). The predicted octanol–water partition coefficient (Wildman–Crippen LogP) is 1.55. The number of nitrogens with one attached hydrogen (secondary N) is 1. The van der Waals surface area contributed by atoms with Gasteiger partial charge in [-0.2, -0.15) is 5.26 Å². The van der Waals surface area contributed by atoms with Gasteiger partial charge in [-0.1, -0.05) is 18.9 Å². The second-order valence-corrected chi connectivity index (χ2v) is 4.38. The number of nitriles is 1. The highest BCUT2D eigenvalue weighted by Gasteiger charge is 2.12. The maximum atomic E-state index is 8.87. The first kappa shape index (κ1) is 13.9. The Morgan fingerprint density at radius 2 is 2.29 bits per heavy atom. The minimum Gasteiger partial charge on any atom is -0.383 e. The molecular weight excluding hydrogens is 234 g/mol. The molecule has 5 nitrogen and oxygen atoms in total. The maximum absolute atomic E-state index is 8.87. The number of nitrogens with zero attached hydrogens (tertiary/aromatic N) is 3. The lowest BCUT2D eigenvalue weighted by atomic mass is 10.3. The number of anilines is 1. The second-order valence-electron chi connectivity index (χ2n) is 3.68. The van der Waals surface area contributed by atoms with Crippen molar-refractivity contribution in [2.45, 2.75) is 32.7 Å². The van der Waals surface area contributed by atoms with Crippen molar-refractivity contribution in [1.29, 1.82) is 5.26 Å². The third-order valence-electron chi connectivity index (χ3n) is 2.56. The summed E-state index contributed by atoms with van der Waals surface area (Å²) in [4.78, 5) is 4.22. The van der Waals surface area contributed by atoms with Gasteiger partial charge in [0.25, 0.3) is 0 Å². The first-order valence-corrected chi connectivity index (χ1v) is 6.97. The Balaban J connectivity index is 2.58. The van der Waals surface area contributed by atoms with E-state index in [-0.39, 0.29) is 0 Å². The molecule has 6 heteroatoms. The summed E-state index contributed by atoms with van der Waals surface area (Å²) in [6, 6.07) is 2.03. The third kappa shape index (κ3) is 3.65. The molecule has 94 valence electrons. The van der Waals surface area contributed by atoms with Gasteiger partial charge in [0, 0.05) is 19.5 Å². The topological polar surface area (TPSA) is 79.7 Å². The van der Waals surface area contributed by atoms with E-state index in [0.717, 1.165) is 38.2 Å². The number of hydrogen-bond acceptors (Lipinski definition) is 5. The molecule has 1 aromatic heterocycles. The van der Waals surface area contributed by atoms with Gasteiger partial charge in [-0.15, -0.1) is 0 Å². The first-order valence-electron chi connectivity index (χ1n) is 5.75. The summed E-state index contributed by atoms with van der Waals surface area (Å²) in [6.07, 6.45) is 4.94. The smallest absolute Gasteiger partial charge is 0.182 e. The van der Waals surface area contributed by atoms with Gasteiger partial charge in [-0.25, -0.2) is 4.98 Å². The minimum atomic E-state index is 0.351. The fourth-order valence-electron chi connectivity index (χ4n) is 1.68. The highest BCUT2D eigenvalue weighted by atomic mass is 32.2. The molecular formula is C11H19N5S. The summed E-state index contributed by atoms with van der Waals surface area (Å²) in [5, 5.41) is 8.87. The summed E-state index contributed by atoms with van der Waals surface area (Å²) in [5.74, 6) is 1.40. The lowest BCUT2D eigenvalue weighted by Gasteiger charge is -2.08. The van der Waals surface area contributed by atoms with Crippen LogP contribution < -0.4 is 10.5 Å². The second kappa shape index (κ2) is 7.20. The Bertz CT molecular complexity index is 393. The van der Waals surface area contributed by atoms with Gasteiger partial charge in [0.2, 0.25) is 0 Å². The Labute approximate surface area is 107 Å². The maximum Gasteiger partial charge on any atom is 0.182 e. The van der Waals surface area contributed by atoms with E-state index in [1.165, 1.54) is 0 Å². The Morgan fingerprint density at radius 3 is 2.88 bits per heavy atom. The van der Waals surface area contributed by atoms with Gasteiger partial charge in [-0.05, 0) is 19.1 Å². The van der Waals surface area contributed by atoms with Crippen LogP contribution in [0, 0.1) is 11.3 Å². The molecule has 0 fully saturated rings. The number of aromatic nitrogens is 2. The van der Waals surface area contributed by atoms with Crippen LogP contribution in [0.2, 0.25) is 0 Å². The van der Waals surface area contributed by atoms with Crippen LogP contribution in [0.3, 0.4) is 0 Å². The fraction of sp³-hybridized carbons (Fsp3) is 0.636. The lowest BCUT2D eigenvalue weighted by Crippen LogP contribution is -2.10. The molecule has 0 aliphatic rings. The van der Waals surface area contributed by atoms with E-state index in [1.807, 2.05) is 23.8 Å². The van der Waals surface area contributed by atoms with Crippen LogP contribution >= 0.6 is 11.9 Å². The molecule has 0 unspecified atom stereocenters. The molecule has 1 aromatic rings. The van der Waals surface area contributed by atoms with Crippen LogP contribution in [0.1, 0.15) is 31.3 Å². The van der Waals surface area contributed by atoms with Crippen LogP contribution in [0.25, 0.3) is 0 Å². The summed E-state index contributed by atoms with van der Waals surface area (Å²) < 4.78 is 5.16. The SMILES string of the molecule is CCc1nc(C#N)c(N)n1CCCCNSC. The van der Waals surface area contributed by atoms with Gasteiger partial charge >= 0.3 is 0 Å². The molecule has 0 aromatic carbocycles. The average molecular weight is 253 g/mol. The van der Waals surface area contributed by atoms with Gasteiger partial charge in [0.1, 0.15) is 17.7 Å². The Morgan fingerprint density at radius 1 is 1.53 bits per heavy atom.